The molecule has 88 valence electrons. The van der Waals surface area contributed by atoms with Gasteiger partial charge in [0.1, 0.15) is 0 Å². The molecule has 1 saturated carbocycles. The van der Waals surface area contributed by atoms with Gasteiger partial charge in [-0.05, 0) is 48.9 Å². The van der Waals surface area contributed by atoms with E-state index in [1.807, 2.05) is 0 Å². The summed E-state index contributed by atoms with van der Waals surface area (Å²) in [5, 5.41) is 0. The Morgan fingerprint density at radius 2 is 2.13 bits per heavy atom. The minimum atomic E-state index is 0.555. The first-order valence-corrected chi connectivity index (χ1v) is 6.62. The summed E-state index contributed by atoms with van der Waals surface area (Å²) in [4.78, 5) is 0. The van der Waals surface area contributed by atoms with Crippen LogP contribution in [0.1, 0.15) is 53.4 Å². The normalized spacial score (nSPS) is 45.8. The molecule has 1 saturated heterocycles. The van der Waals surface area contributed by atoms with Crippen LogP contribution in [-0.4, -0.2) is 12.7 Å². The highest BCUT2D eigenvalue weighted by molar-refractivity contribution is 4.93. The van der Waals surface area contributed by atoms with E-state index in [4.69, 9.17) is 4.74 Å². The molecule has 1 heteroatoms. The van der Waals surface area contributed by atoms with Gasteiger partial charge in [0.15, 0.2) is 0 Å². The molecule has 2 rings (SSSR count). The van der Waals surface area contributed by atoms with Crippen molar-refractivity contribution < 1.29 is 4.74 Å². The summed E-state index contributed by atoms with van der Waals surface area (Å²) >= 11 is 0. The third-order valence-electron chi connectivity index (χ3n) is 4.46. The van der Waals surface area contributed by atoms with E-state index in [2.05, 4.69) is 27.7 Å². The van der Waals surface area contributed by atoms with Crippen LogP contribution >= 0.6 is 0 Å². The summed E-state index contributed by atoms with van der Waals surface area (Å²) in [6.07, 6.45) is 6.07. The minimum absolute atomic E-state index is 0.555. The average Bonchev–Trinajstić information content (AvgIpc) is 2.44. The third kappa shape index (κ3) is 2.38. The quantitative estimate of drug-likeness (QED) is 0.672. The van der Waals surface area contributed by atoms with Gasteiger partial charge in [-0.1, -0.05) is 27.7 Å². The van der Waals surface area contributed by atoms with Crippen molar-refractivity contribution in [2.45, 2.75) is 59.5 Å². The average molecular weight is 210 g/mol. The van der Waals surface area contributed by atoms with E-state index in [1.54, 1.807) is 0 Å². The number of rotatable bonds is 2. The lowest BCUT2D eigenvalue weighted by Gasteiger charge is -2.41. The van der Waals surface area contributed by atoms with E-state index in [9.17, 15) is 0 Å². The largest absolute Gasteiger partial charge is 0.378 e. The lowest BCUT2D eigenvalue weighted by molar-refractivity contribution is 0.00564. The lowest BCUT2D eigenvalue weighted by Crippen LogP contribution is -2.35. The van der Waals surface area contributed by atoms with Crippen LogP contribution in [0.15, 0.2) is 0 Å². The van der Waals surface area contributed by atoms with Gasteiger partial charge < -0.3 is 4.74 Å². The van der Waals surface area contributed by atoms with Crippen molar-refractivity contribution in [3.8, 4) is 0 Å². The molecule has 2 aliphatic rings. The monoisotopic (exact) mass is 210 g/mol. The van der Waals surface area contributed by atoms with Crippen LogP contribution in [0, 0.1) is 23.2 Å². The van der Waals surface area contributed by atoms with Crippen molar-refractivity contribution >= 4 is 0 Å². The molecule has 0 amide bonds. The molecule has 15 heavy (non-hydrogen) atoms. The molecule has 0 radical (unpaired) electrons. The van der Waals surface area contributed by atoms with Gasteiger partial charge in [0, 0.05) is 6.61 Å². The van der Waals surface area contributed by atoms with Crippen molar-refractivity contribution in [2.24, 2.45) is 23.2 Å². The Labute approximate surface area is 94.6 Å². The molecular weight excluding hydrogens is 184 g/mol. The number of fused-ring (bicyclic) bond motifs is 1. The first-order valence-electron chi connectivity index (χ1n) is 6.62. The fourth-order valence-electron chi connectivity index (χ4n) is 3.84. The molecule has 0 spiro atoms. The van der Waals surface area contributed by atoms with Crippen molar-refractivity contribution in [2.75, 3.05) is 6.61 Å². The Morgan fingerprint density at radius 3 is 2.80 bits per heavy atom. The molecule has 1 heterocycles. The second kappa shape index (κ2) is 4.08. The van der Waals surface area contributed by atoms with Crippen LogP contribution in [0.5, 0.6) is 0 Å². The maximum atomic E-state index is 5.95. The number of ether oxygens (including phenoxy) is 1. The first-order chi connectivity index (χ1) is 7.00. The number of hydrogen-bond donors (Lipinski definition) is 0. The maximum absolute atomic E-state index is 5.95. The van der Waals surface area contributed by atoms with Crippen molar-refractivity contribution in [3.63, 3.8) is 0 Å². The van der Waals surface area contributed by atoms with Crippen molar-refractivity contribution in [3.05, 3.63) is 0 Å². The number of hydrogen-bond acceptors (Lipinski definition) is 1. The second-order valence-corrected chi connectivity index (χ2v) is 6.66. The van der Waals surface area contributed by atoms with Crippen LogP contribution in [-0.2, 0) is 4.74 Å². The Kier molecular flexibility index (Phi) is 3.12. The highest BCUT2D eigenvalue weighted by atomic mass is 16.5. The molecule has 0 aromatic heterocycles. The highest BCUT2D eigenvalue weighted by Crippen LogP contribution is 2.48. The fraction of sp³-hybridized carbons (Fsp3) is 1.00. The van der Waals surface area contributed by atoms with E-state index in [0.717, 1.165) is 24.4 Å². The van der Waals surface area contributed by atoms with E-state index in [-0.39, 0.29) is 0 Å². The summed E-state index contributed by atoms with van der Waals surface area (Å²) in [6.45, 7) is 10.5. The van der Waals surface area contributed by atoms with Crippen LogP contribution in [0.25, 0.3) is 0 Å². The van der Waals surface area contributed by atoms with E-state index >= 15 is 0 Å². The summed E-state index contributed by atoms with van der Waals surface area (Å²) in [7, 11) is 0. The minimum Gasteiger partial charge on any atom is -0.378 e. The zero-order valence-corrected chi connectivity index (χ0v) is 10.8. The zero-order chi connectivity index (χ0) is 11.1. The first kappa shape index (κ1) is 11.4. The molecule has 3 unspecified atom stereocenters. The topological polar surface area (TPSA) is 9.23 Å². The molecule has 1 aliphatic carbocycles. The molecule has 4 atom stereocenters. The Balaban J connectivity index is 1.98. The highest BCUT2D eigenvalue weighted by Gasteiger charge is 2.43. The van der Waals surface area contributed by atoms with Crippen LogP contribution in [0.2, 0.25) is 0 Å². The maximum Gasteiger partial charge on any atom is 0.0612 e. The predicted octanol–water partition coefficient (Wildman–Crippen LogP) is 3.87. The van der Waals surface area contributed by atoms with Crippen LogP contribution in [0.4, 0.5) is 0 Å². The molecule has 2 fully saturated rings. The lowest BCUT2D eigenvalue weighted by atomic mass is 9.65. The molecule has 0 aromatic rings. The van der Waals surface area contributed by atoms with Gasteiger partial charge >= 0.3 is 0 Å². The van der Waals surface area contributed by atoms with Gasteiger partial charge in [-0.2, -0.15) is 0 Å². The van der Waals surface area contributed by atoms with Gasteiger partial charge in [-0.15, -0.1) is 0 Å². The summed E-state index contributed by atoms with van der Waals surface area (Å²) in [5.74, 6) is 2.49. The fourth-order valence-corrected chi connectivity index (χ4v) is 3.84. The summed E-state index contributed by atoms with van der Waals surface area (Å²) in [6, 6.07) is 0. The SMILES string of the molecule is CC(C)CC1(C)CCC2C(C1)OC[C@@H]2C. The van der Waals surface area contributed by atoms with Gasteiger partial charge in [0.05, 0.1) is 6.10 Å². The van der Waals surface area contributed by atoms with Gasteiger partial charge in [0.2, 0.25) is 0 Å². The summed E-state index contributed by atoms with van der Waals surface area (Å²) in [5.41, 5.74) is 0.555. The van der Waals surface area contributed by atoms with Crippen LogP contribution < -0.4 is 0 Å². The van der Waals surface area contributed by atoms with Crippen LogP contribution in [0.3, 0.4) is 0 Å². The molecule has 1 aliphatic heterocycles. The van der Waals surface area contributed by atoms with E-state index < -0.39 is 0 Å². The molecule has 0 aromatic carbocycles. The van der Waals surface area contributed by atoms with Gasteiger partial charge in [0.25, 0.3) is 0 Å². The standard InChI is InChI=1S/C14H26O/c1-10(2)7-14(4)6-5-12-11(3)9-15-13(12)8-14/h10-13H,5-9H2,1-4H3/t11-,12?,13?,14?/m0/s1. The molecule has 1 nitrogen and oxygen atoms in total. The van der Waals surface area contributed by atoms with Gasteiger partial charge in [-0.25, -0.2) is 0 Å². The van der Waals surface area contributed by atoms with Crippen molar-refractivity contribution in [1.82, 2.24) is 0 Å². The molecular formula is C14H26O. The molecule has 0 N–H and O–H groups in total. The Morgan fingerprint density at radius 1 is 1.40 bits per heavy atom. The predicted molar refractivity (Wildman–Crippen MR) is 63.8 cm³/mol. The van der Waals surface area contributed by atoms with E-state index in [0.29, 0.717) is 11.5 Å². The van der Waals surface area contributed by atoms with E-state index in [1.165, 1.54) is 25.7 Å². The summed E-state index contributed by atoms with van der Waals surface area (Å²) < 4.78 is 5.95. The zero-order valence-electron chi connectivity index (χ0n) is 10.8. The van der Waals surface area contributed by atoms with Gasteiger partial charge in [-0.3, -0.25) is 0 Å². The Hall–Kier alpha value is -0.0400. The second-order valence-electron chi connectivity index (χ2n) is 6.66. The smallest absolute Gasteiger partial charge is 0.0612 e. The van der Waals surface area contributed by atoms with Crippen molar-refractivity contribution in [1.29, 1.82) is 0 Å². The third-order valence-corrected chi connectivity index (χ3v) is 4.46. The Bertz CT molecular complexity index is 223. The molecule has 0 bridgehead atoms.